The van der Waals surface area contributed by atoms with Gasteiger partial charge in [0.15, 0.2) is 0 Å². The summed E-state index contributed by atoms with van der Waals surface area (Å²) in [6.45, 7) is 4.34. The van der Waals surface area contributed by atoms with E-state index in [-0.39, 0.29) is 53.2 Å². The number of nitrogens with zero attached hydrogens (tertiary/aromatic N) is 1. The molecule has 1 aromatic carbocycles. The molecule has 1 aliphatic rings. The van der Waals surface area contributed by atoms with Gasteiger partial charge in [-0.2, -0.15) is 0 Å². The minimum absolute atomic E-state index is 0.157. The fourth-order valence-corrected chi connectivity index (χ4v) is 5.49. The van der Waals surface area contributed by atoms with Crippen LogP contribution >= 0.6 is 34.5 Å². The van der Waals surface area contributed by atoms with E-state index in [1.165, 1.54) is 29.5 Å². The lowest BCUT2D eigenvalue weighted by molar-refractivity contribution is -0.0191. The fourth-order valence-electron chi connectivity index (χ4n) is 4.03. The molecule has 1 saturated heterocycles. The number of aryl methyl sites for hydroxylation is 1. The number of rotatable bonds is 11. The number of carbonyl (C=O) groups excluding carboxylic acids is 2. The molecule has 0 saturated carbocycles. The zero-order valence-electron chi connectivity index (χ0n) is 19.7. The first kappa shape index (κ1) is 27.7. The number of thiophene rings is 1. The molecule has 5 nitrogen and oxygen atoms in total. The van der Waals surface area contributed by atoms with Crippen LogP contribution in [-0.2, 0) is 21.8 Å². The molecule has 0 aliphatic carbocycles. The van der Waals surface area contributed by atoms with Crippen LogP contribution in [0.2, 0.25) is 10.0 Å². The van der Waals surface area contributed by atoms with Gasteiger partial charge in [-0.15, -0.1) is 11.3 Å². The van der Waals surface area contributed by atoms with E-state index in [4.69, 9.17) is 32.7 Å². The van der Waals surface area contributed by atoms with Gasteiger partial charge in [-0.1, -0.05) is 23.2 Å². The Labute approximate surface area is 218 Å². The van der Waals surface area contributed by atoms with Crippen molar-refractivity contribution in [1.82, 2.24) is 4.90 Å². The van der Waals surface area contributed by atoms with Gasteiger partial charge < -0.3 is 14.4 Å². The molecule has 3 rings (SSSR count). The SMILES string of the molecule is CC(C)OC(=O)c1ccc(CCCN2C(=O)OCC[C@@H]2CCCC(F)(F)c2cc(Cl)cc(Cl)c2)s1. The Morgan fingerprint density at radius 3 is 2.63 bits per heavy atom. The molecular formula is C25H29Cl2F2NO4S. The normalized spacial score (nSPS) is 16.5. The number of cyclic esters (lactones) is 1. The maximum atomic E-state index is 14.7. The Hall–Kier alpha value is -1.90. The molecule has 2 heterocycles. The van der Waals surface area contributed by atoms with E-state index in [0.717, 1.165) is 4.88 Å². The molecule has 0 bridgehead atoms. The summed E-state index contributed by atoms with van der Waals surface area (Å²) in [7, 11) is 0. The number of hydrogen-bond acceptors (Lipinski definition) is 5. The average Bonchev–Trinajstić information content (AvgIpc) is 3.23. The Morgan fingerprint density at radius 1 is 1.23 bits per heavy atom. The van der Waals surface area contributed by atoms with E-state index in [1.807, 2.05) is 6.07 Å². The first-order chi connectivity index (χ1) is 16.5. The monoisotopic (exact) mass is 547 g/mol. The third-order valence-electron chi connectivity index (χ3n) is 5.69. The first-order valence-electron chi connectivity index (χ1n) is 11.6. The van der Waals surface area contributed by atoms with Crippen LogP contribution in [0, 0.1) is 0 Å². The molecule has 1 amide bonds. The summed E-state index contributed by atoms with van der Waals surface area (Å²) in [6, 6.07) is 7.36. The number of benzene rings is 1. The van der Waals surface area contributed by atoms with Crippen LogP contribution in [0.3, 0.4) is 0 Å². The lowest BCUT2D eigenvalue weighted by Gasteiger charge is -2.35. The lowest BCUT2D eigenvalue weighted by atomic mass is 9.98. The predicted octanol–water partition coefficient (Wildman–Crippen LogP) is 7.73. The average molecular weight is 548 g/mol. The summed E-state index contributed by atoms with van der Waals surface area (Å²) >= 11 is 13.1. The topological polar surface area (TPSA) is 55.8 Å². The van der Waals surface area contributed by atoms with Crippen molar-refractivity contribution < 1.29 is 27.8 Å². The van der Waals surface area contributed by atoms with Crippen LogP contribution in [0.5, 0.6) is 0 Å². The Kier molecular flexibility index (Phi) is 9.78. The first-order valence-corrected chi connectivity index (χ1v) is 13.2. The van der Waals surface area contributed by atoms with Crippen molar-refractivity contribution in [2.24, 2.45) is 0 Å². The summed E-state index contributed by atoms with van der Waals surface area (Å²) in [5, 5.41) is 0.339. The van der Waals surface area contributed by atoms with E-state index in [1.54, 1.807) is 24.8 Å². The minimum Gasteiger partial charge on any atom is -0.459 e. The molecular weight excluding hydrogens is 519 g/mol. The molecule has 35 heavy (non-hydrogen) atoms. The van der Waals surface area contributed by atoms with Crippen molar-refractivity contribution in [2.45, 2.75) is 70.4 Å². The van der Waals surface area contributed by atoms with Gasteiger partial charge in [0.1, 0.15) is 4.88 Å². The third kappa shape index (κ3) is 8.05. The molecule has 10 heteroatoms. The van der Waals surface area contributed by atoms with E-state index < -0.39 is 12.0 Å². The fraction of sp³-hybridized carbons (Fsp3) is 0.520. The summed E-state index contributed by atoms with van der Waals surface area (Å²) in [5.74, 6) is -3.41. The number of halogens is 4. The highest BCUT2D eigenvalue weighted by Gasteiger charge is 2.34. The van der Waals surface area contributed by atoms with Gasteiger partial charge in [0.2, 0.25) is 0 Å². The number of esters is 1. The number of alkyl halides is 2. The van der Waals surface area contributed by atoms with E-state index in [0.29, 0.717) is 37.1 Å². The van der Waals surface area contributed by atoms with Crippen molar-refractivity contribution >= 4 is 46.6 Å². The quantitative estimate of drug-likeness (QED) is 0.270. The summed E-state index contributed by atoms with van der Waals surface area (Å²) in [6.07, 6.45) is 1.67. The highest BCUT2D eigenvalue weighted by molar-refractivity contribution is 7.13. The Balaban J connectivity index is 1.51. The summed E-state index contributed by atoms with van der Waals surface area (Å²) < 4.78 is 39.8. The molecule has 0 unspecified atom stereocenters. The highest BCUT2D eigenvalue weighted by Crippen LogP contribution is 2.37. The van der Waals surface area contributed by atoms with Crippen LogP contribution in [0.4, 0.5) is 13.6 Å². The largest absolute Gasteiger partial charge is 0.459 e. The van der Waals surface area contributed by atoms with E-state index in [9.17, 15) is 18.4 Å². The molecule has 0 spiro atoms. The van der Waals surface area contributed by atoms with Crippen LogP contribution in [0.1, 0.15) is 66.1 Å². The Morgan fingerprint density at radius 2 is 1.94 bits per heavy atom. The van der Waals surface area contributed by atoms with Gasteiger partial charge in [-0.3, -0.25) is 0 Å². The van der Waals surface area contributed by atoms with Gasteiger partial charge >= 0.3 is 12.1 Å². The van der Waals surface area contributed by atoms with Gasteiger partial charge in [0, 0.05) is 45.9 Å². The third-order valence-corrected chi connectivity index (χ3v) is 7.25. The maximum Gasteiger partial charge on any atom is 0.410 e. The number of hydrogen-bond donors (Lipinski definition) is 0. The molecule has 1 aromatic heterocycles. The molecule has 1 fully saturated rings. The smallest absolute Gasteiger partial charge is 0.410 e. The summed E-state index contributed by atoms with van der Waals surface area (Å²) in [5.41, 5.74) is -0.206. The van der Waals surface area contributed by atoms with Crippen molar-refractivity contribution in [1.29, 1.82) is 0 Å². The zero-order chi connectivity index (χ0) is 25.6. The van der Waals surface area contributed by atoms with Gasteiger partial charge in [-0.05, 0) is 69.9 Å². The van der Waals surface area contributed by atoms with Crippen molar-refractivity contribution in [3.63, 3.8) is 0 Å². The second-order valence-corrected chi connectivity index (χ2v) is 10.9. The van der Waals surface area contributed by atoms with Crippen LogP contribution in [0.15, 0.2) is 30.3 Å². The molecule has 1 atom stereocenters. The summed E-state index contributed by atoms with van der Waals surface area (Å²) in [4.78, 5) is 27.6. The second kappa shape index (κ2) is 12.4. The molecule has 0 N–H and O–H groups in total. The van der Waals surface area contributed by atoms with E-state index in [2.05, 4.69) is 0 Å². The zero-order valence-corrected chi connectivity index (χ0v) is 22.0. The van der Waals surface area contributed by atoms with Crippen molar-refractivity contribution in [2.75, 3.05) is 13.2 Å². The lowest BCUT2D eigenvalue weighted by Crippen LogP contribution is -2.46. The molecule has 192 valence electrons. The predicted molar refractivity (Wildman–Crippen MR) is 134 cm³/mol. The molecule has 0 radical (unpaired) electrons. The van der Waals surface area contributed by atoms with Gasteiger partial charge in [0.05, 0.1) is 12.7 Å². The second-order valence-electron chi connectivity index (χ2n) is 8.83. The Bertz CT molecular complexity index is 1010. The van der Waals surface area contributed by atoms with Gasteiger partial charge in [0.25, 0.3) is 5.92 Å². The van der Waals surface area contributed by atoms with Crippen molar-refractivity contribution in [3.05, 3.63) is 55.7 Å². The minimum atomic E-state index is -3.07. The number of carbonyl (C=O) groups is 2. The van der Waals surface area contributed by atoms with Gasteiger partial charge in [-0.25, -0.2) is 18.4 Å². The van der Waals surface area contributed by atoms with Crippen LogP contribution in [0.25, 0.3) is 0 Å². The standard InChI is InChI=1S/C25H29Cl2F2NO4S/c1-16(2)34-23(31)22-8-7-21(35-22)6-4-11-30-20(9-12-33-24(30)32)5-3-10-25(28,29)17-13-18(26)15-19(27)14-17/h7-8,13-16,20H,3-6,9-12H2,1-2H3/t20-/m0/s1. The van der Waals surface area contributed by atoms with Crippen molar-refractivity contribution in [3.8, 4) is 0 Å². The number of amides is 1. The van der Waals surface area contributed by atoms with E-state index >= 15 is 0 Å². The maximum absolute atomic E-state index is 14.7. The van der Waals surface area contributed by atoms with Crippen LogP contribution < -0.4 is 0 Å². The van der Waals surface area contributed by atoms with Crippen LogP contribution in [-0.4, -0.2) is 42.3 Å². The highest BCUT2D eigenvalue weighted by atomic mass is 35.5. The molecule has 1 aliphatic heterocycles. The molecule has 2 aromatic rings. The number of ether oxygens (including phenoxy) is 2.